The van der Waals surface area contributed by atoms with Crippen LogP contribution in [0.4, 0.5) is 13.2 Å². The number of para-hydroxylation sites is 1. The number of halogens is 3. The van der Waals surface area contributed by atoms with Crippen LogP contribution in [0.15, 0.2) is 18.2 Å². The van der Waals surface area contributed by atoms with E-state index in [2.05, 4.69) is 0 Å². The third-order valence-corrected chi connectivity index (χ3v) is 2.35. The van der Waals surface area contributed by atoms with E-state index < -0.39 is 24.2 Å². The number of alkyl halides is 3. The molecule has 0 heterocycles. The first-order valence-electron chi connectivity index (χ1n) is 5.04. The standard InChI is InChI=1S/C12H11F3O3/c1-7-4-3-5-8(11(7)18-2)9(16)6-10(17)12(13,14)15/h3-5H,6H2,1-2H3. The van der Waals surface area contributed by atoms with Gasteiger partial charge < -0.3 is 4.74 Å². The Balaban J connectivity index is 2.99. The van der Waals surface area contributed by atoms with Crippen LogP contribution in [0.5, 0.6) is 5.75 Å². The summed E-state index contributed by atoms with van der Waals surface area (Å²) in [7, 11) is 1.31. The fourth-order valence-corrected chi connectivity index (χ4v) is 1.48. The SMILES string of the molecule is COc1c(C)cccc1C(=O)CC(=O)C(F)(F)F. The Bertz CT molecular complexity index is 478. The van der Waals surface area contributed by atoms with E-state index in [1.165, 1.54) is 19.2 Å². The number of hydrogen-bond donors (Lipinski definition) is 0. The van der Waals surface area contributed by atoms with Crippen LogP contribution in [0.1, 0.15) is 22.3 Å². The minimum atomic E-state index is -4.99. The predicted molar refractivity (Wildman–Crippen MR) is 57.7 cm³/mol. The highest BCUT2D eigenvalue weighted by Crippen LogP contribution is 2.26. The average Bonchev–Trinajstić information content (AvgIpc) is 2.27. The summed E-state index contributed by atoms with van der Waals surface area (Å²) in [4.78, 5) is 22.4. The van der Waals surface area contributed by atoms with Crippen molar-refractivity contribution >= 4 is 11.6 Å². The summed E-state index contributed by atoms with van der Waals surface area (Å²) in [6, 6.07) is 4.50. The molecule has 0 saturated carbocycles. The fraction of sp³-hybridized carbons (Fsp3) is 0.333. The molecule has 0 aromatic heterocycles. The maximum Gasteiger partial charge on any atom is 0.450 e. The molecule has 98 valence electrons. The van der Waals surface area contributed by atoms with Crippen LogP contribution in [0, 0.1) is 6.92 Å². The molecule has 0 amide bonds. The third kappa shape index (κ3) is 3.09. The van der Waals surface area contributed by atoms with Crippen LogP contribution in [-0.4, -0.2) is 24.9 Å². The summed E-state index contributed by atoms with van der Waals surface area (Å²) in [6.45, 7) is 1.65. The lowest BCUT2D eigenvalue weighted by molar-refractivity contribution is -0.170. The second-order valence-electron chi connectivity index (χ2n) is 3.68. The lowest BCUT2D eigenvalue weighted by Crippen LogP contribution is -2.25. The number of carbonyl (C=O) groups is 2. The van der Waals surface area contributed by atoms with Gasteiger partial charge in [0, 0.05) is 0 Å². The second-order valence-corrected chi connectivity index (χ2v) is 3.68. The van der Waals surface area contributed by atoms with Gasteiger partial charge in [-0.05, 0) is 18.6 Å². The normalized spacial score (nSPS) is 11.2. The van der Waals surface area contributed by atoms with Gasteiger partial charge in [-0.3, -0.25) is 9.59 Å². The highest BCUT2D eigenvalue weighted by molar-refractivity contribution is 6.10. The van der Waals surface area contributed by atoms with Gasteiger partial charge in [0.2, 0.25) is 5.78 Å². The Hall–Kier alpha value is -1.85. The van der Waals surface area contributed by atoms with E-state index in [0.29, 0.717) is 5.56 Å². The first kappa shape index (κ1) is 14.2. The molecule has 0 N–H and O–H groups in total. The molecule has 0 radical (unpaired) electrons. The quantitative estimate of drug-likeness (QED) is 0.617. The molecular weight excluding hydrogens is 249 g/mol. The van der Waals surface area contributed by atoms with Crippen molar-refractivity contribution in [2.24, 2.45) is 0 Å². The van der Waals surface area contributed by atoms with E-state index in [9.17, 15) is 22.8 Å². The second kappa shape index (κ2) is 5.20. The molecule has 0 atom stereocenters. The van der Waals surface area contributed by atoms with Crippen molar-refractivity contribution in [1.29, 1.82) is 0 Å². The molecule has 0 aliphatic carbocycles. The topological polar surface area (TPSA) is 43.4 Å². The Labute approximate surface area is 102 Å². The van der Waals surface area contributed by atoms with E-state index in [1.807, 2.05) is 0 Å². The number of aryl methyl sites for hydroxylation is 1. The molecule has 0 saturated heterocycles. The Kier molecular flexibility index (Phi) is 4.11. The Morgan fingerprint density at radius 2 is 1.89 bits per heavy atom. The smallest absolute Gasteiger partial charge is 0.450 e. The molecule has 0 aliphatic heterocycles. The van der Waals surface area contributed by atoms with Crippen LogP contribution in [0.25, 0.3) is 0 Å². The molecule has 0 spiro atoms. The van der Waals surface area contributed by atoms with Crippen molar-refractivity contribution < 1.29 is 27.5 Å². The molecule has 1 aromatic carbocycles. The summed E-state index contributed by atoms with van der Waals surface area (Å²) in [5.74, 6) is -2.77. The Morgan fingerprint density at radius 1 is 1.28 bits per heavy atom. The molecule has 3 nitrogen and oxygen atoms in total. The van der Waals surface area contributed by atoms with E-state index in [-0.39, 0.29) is 11.3 Å². The van der Waals surface area contributed by atoms with Crippen LogP contribution in [-0.2, 0) is 4.79 Å². The van der Waals surface area contributed by atoms with Crippen molar-refractivity contribution in [3.63, 3.8) is 0 Å². The van der Waals surface area contributed by atoms with E-state index in [1.54, 1.807) is 13.0 Å². The van der Waals surface area contributed by atoms with E-state index >= 15 is 0 Å². The largest absolute Gasteiger partial charge is 0.496 e. The molecule has 0 aliphatic rings. The van der Waals surface area contributed by atoms with E-state index in [4.69, 9.17) is 4.74 Å². The molecule has 1 aromatic rings. The number of hydrogen-bond acceptors (Lipinski definition) is 3. The van der Waals surface area contributed by atoms with Gasteiger partial charge >= 0.3 is 6.18 Å². The zero-order valence-corrected chi connectivity index (χ0v) is 9.80. The van der Waals surface area contributed by atoms with Crippen molar-refractivity contribution in [3.8, 4) is 5.75 Å². The van der Waals surface area contributed by atoms with E-state index in [0.717, 1.165) is 0 Å². The summed E-state index contributed by atoms with van der Waals surface area (Å²) in [5.41, 5.74) is 0.595. The zero-order chi connectivity index (χ0) is 13.9. The van der Waals surface area contributed by atoms with Crippen LogP contribution < -0.4 is 4.74 Å². The van der Waals surface area contributed by atoms with Gasteiger partial charge in [0.05, 0.1) is 19.1 Å². The van der Waals surface area contributed by atoms with Gasteiger partial charge in [-0.15, -0.1) is 0 Å². The van der Waals surface area contributed by atoms with Gasteiger partial charge in [0.1, 0.15) is 5.75 Å². The first-order valence-corrected chi connectivity index (χ1v) is 5.04. The fourth-order valence-electron chi connectivity index (χ4n) is 1.48. The van der Waals surface area contributed by atoms with Gasteiger partial charge in [-0.2, -0.15) is 13.2 Å². The minimum absolute atomic E-state index is 0.0184. The number of Topliss-reactive ketones (excluding diaryl/α,β-unsaturated/α-hetero) is 2. The predicted octanol–water partition coefficient (Wildman–Crippen LogP) is 2.71. The number of ether oxygens (including phenoxy) is 1. The summed E-state index contributed by atoms with van der Waals surface area (Å²) < 4.78 is 41.1. The lowest BCUT2D eigenvalue weighted by atomic mass is 10.0. The maximum absolute atomic E-state index is 12.1. The average molecular weight is 260 g/mol. The molecule has 6 heteroatoms. The van der Waals surface area contributed by atoms with Gasteiger partial charge in [-0.25, -0.2) is 0 Å². The third-order valence-electron chi connectivity index (χ3n) is 2.35. The number of ketones is 2. The van der Waals surface area contributed by atoms with Crippen LogP contribution in [0.2, 0.25) is 0 Å². The highest BCUT2D eigenvalue weighted by atomic mass is 19.4. The van der Waals surface area contributed by atoms with Crippen LogP contribution in [0.3, 0.4) is 0 Å². The molecular formula is C12H11F3O3. The number of rotatable bonds is 4. The number of benzene rings is 1. The summed E-state index contributed by atoms with van der Waals surface area (Å²) in [6.07, 6.45) is -6.20. The van der Waals surface area contributed by atoms with Crippen molar-refractivity contribution in [2.75, 3.05) is 7.11 Å². The van der Waals surface area contributed by atoms with Crippen molar-refractivity contribution in [2.45, 2.75) is 19.5 Å². The number of carbonyl (C=O) groups excluding carboxylic acids is 2. The summed E-state index contributed by atoms with van der Waals surface area (Å²) in [5, 5.41) is 0. The molecule has 18 heavy (non-hydrogen) atoms. The van der Waals surface area contributed by atoms with Gasteiger partial charge in [0.15, 0.2) is 5.78 Å². The Morgan fingerprint density at radius 3 is 2.39 bits per heavy atom. The monoisotopic (exact) mass is 260 g/mol. The number of methoxy groups -OCH3 is 1. The highest BCUT2D eigenvalue weighted by Gasteiger charge is 2.39. The molecule has 0 fully saturated rings. The zero-order valence-electron chi connectivity index (χ0n) is 9.80. The van der Waals surface area contributed by atoms with Gasteiger partial charge in [0.25, 0.3) is 0 Å². The molecule has 1 rings (SSSR count). The van der Waals surface area contributed by atoms with Crippen LogP contribution >= 0.6 is 0 Å². The lowest BCUT2D eigenvalue weighted by Gasteiger charge is -2.10. The van der Waals surface area contributed by atoms with Crippen molar-refractivity contribution in [3.05, 3.63) is 29.3 Å². The first-order chi connectivity index (χ1) is 8.27. The summed E-state index contributed by atoms with van der Waals surface area (Å²) >= 11 is 0. The van der Waals surface area contributed by atoms with Gasteiger partial charge in [-0.1, -0.05) is 12.1 Å². The minimum Gasteiger partial charge on any atom is -0.496 e. The molecule has 0 bridgehead atoms. The van der Waals surface area contributed by atoms with Crippen molar-refractivity contribution in [1.82, 2.24) is 0 Å². The maximum atomic E-state index is 12.1. The molecule has 0 unspecified atom stereocenters.